The number of anilines is 1. The number of methoxy groups -OCH3 is 1. The standard InChI is InChI=1S/C14H15N3O2/c1-10(11-6-4-3-5-7-11)15-13-9-8-12(16-17-13)14(18)19-2/h3-10H,1-2H3,(H,15,17). The first-order chi connectivity index (χ1) is 9.20. The van der Waals surface area contributed by atoms with Gasteiger partial charge in [-0.15, -0.1) is 10.2 Å². The minimum absolute atomic E-state index is 0.111. The summed E-state index contributed by atoms with van der Waals surface area (Å²) >= 11 is 0. The van der Waals surface area contributed by atoms with Crippen LogP contribution in [0, 0.1) is 0 Å². The Morgan fingerprint density at radius 2 is 1.89 bits per heavy atom. The highest BCUT2D eigenvalue weighted by Crippen LogP contribution is 2.16. The molecule has 1 heterocycles. The van der Waals surface area contributed by atoms with Crippen molar-refractivity contribution >= 4 is 11.8 Å². The van der Waals surface area contributed by atoms with Crippen LogP contribution in [0.4, 0.5) is 5.82 Å². The molecule has 0 aliphatic heterocycles. The second-order valence-corrected chi connectivity index (χ2v) is 4.07. The van der Waals surface area contributed by atoms with Gasteiger partial charge in [-0.2, -0.15) is 0 Å². The third kappa shape index (κ3) is 3.28. The zero-order valence-electron chi connectivity index (χ0n) is 10.8. The molecule has 0 radical (unpaired) electrons. The van der Waals surface area contributed by atoms with Gasteiger partial charge in [0.15, 0.2) is 5.69 Å². The monoisotopic (exact) mass is 257 g/mol. The number of nitrogens with one attached hydrogen (secondary N) is 1. The topological polar surface area (TPSA) is 64.1 Å². The molecule has 0 fully saturated rings. The van der Waals surface area contributed by atoms with Crippen molar-refractivity contribution in [1.29, 1.82) is 0 Å². The SMILES string of the molecule is COC(=O)c1ccc(NC(C)c2ccccc2)nn1. The molecular formula is C14H15N3O2. The highest BCUT2D eigenvalue weighted by Gasteiger charge is 2.09. The molecule has 2 rings (SSSR count). The van der Waals surface area contributed by atoms with Gasteiger partial charge in [0.25, 0.3) is 0 Å². The lowest BCUT2D eigenvalue weighted by Gasteiger charge is -2.14. The molecule has 0 aliphatic rings. The number of rotatable bonds is 4. The lowest BCUT2D eigenvalue weighted by Crippen LogP contribution is -2.10. The van der Waals surface area contributed by atoms with Gasteiger partial charge in [0.1, 0.15) is 5.82 Å². The fourth-order valence-corrected chi connectivity index (χ4v) is 1.67. The molecule has 0 spiro atoms. The summed E-state index contributed by atoms with van der Waals surface area (Å²) in [5, 5.41) is 11.0. The molecule has 1 unspecified atom stereocenters. The zero-order chi connectivity index (χ0) is 13.7. The smallest absolute Gasteiger partial charge is 0.358 e. The van der Waals surface area contributed by atoms with Crippen molar-refractivity contribution in [3.05, 3.63) is 53.7 Å². The quantitative estimate of drug-likeness (QED) is 0.852. The summed E-state index contributed by atoms with van der Waals surface area (Å²) in [6.45, 7) is 2.03. The first-order valence-electron chi connectivity index (χ1n) is 5.94. The number of aromatic nitrogens is 2. The molecule has 19 heavy (non-hydrogen) atoms. The maximum Gasteiger partial charge on any atom is 0.358 e. The van der Waals surface area contributed by atoms with Crippen LogP contribution in [-0.2, 0) is 4.74 Å². The number of esters is 1. The zero-order valence-corrected chi connectivity index (χ0v) is 10.8. The van der Waals surface area contributed by atoms with E-state index < -0.39 is 5.97 Å². The van der Waals surface area contributed by atoms with E-state index in [9.17, 15) is 4.79 Å². The molecule has 0 saturated carbocycles. The molecule has 0 bridgehead atoms. The normalized spacial score (nSPS) is 11.7. The highest BCUT2D eigenvalue weighted by atomic mass is 16.5. The van der Waals surface area contributed by atoms with Crippen molar-refractivity contribution in [2.24, 2.45) is 0 Å². The Labute approximate surface area is 111 Å². The van der Waals surface area contributed by atoms with Crippen molar-refractivity contribution in [3.8, 4) is 0 Å². The molecule has 5 heteroatoms. The summed E-state index contributed by atoms with van der Waals surface area (Å²) < 4.78 is 4.56. The van der Waals surface area contributed by atoms with Crippen LogP contribution in [0.1, 0.15) is 29.0 Å². The second-order valence-electron chi connectivity index (χ2n) is 4.07. The van der Waals surface area contributed by atoms with Gasteiger partial charge < -0.3 is 10.1 Å². The van der Waals surface area contributed by atoms with Crippen molar-refractivity contribution in [2.45, 2.75) is 13.0 Å². The third-order valence-electron chi connectivity index (χ3n) is 2.72. The Kier molecular flexibility index (Phi) is 4.07. The van der Waals surface area contributed by atoms with Crippen molar-refractivity contribution in [1.82, 2.24) is 10.2 Å². The molecule has 2 aromatic rings. The summed E-state index contributed by atoms with van der Waals surface area (Å²) in [4.78, 5) is 11.2. The van der Waals surface area contributed by atoms with Crippen LogP contribution < -0.4 is 5.32 Å². The lowest BCUT2D eigenvalue weighted by molar-refractivity contribution is 0.0593. The van der Waals surface area contributed by atoms with E-state index >= 15 is 0 Å². The molecule has 1 aromatic heterocycles. The maximum absolute atomic E-state index is 11.2. The van der Waals surface area contributed by atoms with E-state index in [-0.39, 0.29) is 11.7 Å². The lowest BCUT2D eigenvalue weighted by atomic mass is 10.1. The average molecular weight is 257 g/mol. The molecule has 0 amide bonds. The minimum atomic E-state index is -0.491. The second kappa shape index (κ2) is 5.95. The van der Waals surface area contributed by atoms with E-state index in [1.165, 1.54) is 7.11 Å². The molecule has 1 aromatic carbocycles. The molecule has 1 atom stereocenters. The number of carbonyl (C=O) groups excluding carboxylic acids is 1. The first-order valence-corrected chi connectivity index (χ1v) is 5.94. The number of hydrogen-bond acceptors (Lipinski definition) is 5. The van der Waals surface area contributed by atoms with Gasteiger partial charge in [0, 0.05) is 6.04 Å². The fraction of sp³-hybridized carbons (Fsp3) is 0.214. The summed E-state index contributed by atoms with van der Waals surface area (Å²) in [7, 11) is 1.31. The van der Waals surface area contributed by atoms with Crippen molar-refractivity contribution in [3.63, 3.8) is 0 Å². The largest absolute Gasteiger partial charge is 0.464 e. The summed E-state index contributed by atoms with van der Waals surface area (Å²) in [6.07, 6.45) is 0. The van der Waals surface area contributed by atoms with Crippen LogP contribution >= 0.6 is 0 Å². The predicted molar refractivity (Wildman–Crippen MR) is 71.9 cm³/mol. The van der Waals surface area contributed by atoms with Gasteiger partial charge in [-0.1, -0.05) is 30.3 Å². The number of hydrogen-bond donors (Lipinski definition) is 1. The number of benzene rings is 1. The molecule has 0 aliphatic carbocycles. The van der Waals surface area contributed by atoms with E-state index in [4.69, 9.17) is 0 Å². The fourth-order valence-electron chi connectivity index (χ4n) is 1.67. The van der Waals surface area contributed by atoms with Crippen LogP contribution in [0.25, 0.3) is 0 Å². The van der Waals surface area contributed by atoms with Crippen molar-refractivity contribution < 1.29 is 9.53 Å². The molecule has 98 valence electrons. The minimum Gasteiger partial charge on any atom is -0.464 e. The Balaban J connectivity index is 2.06. The van der Waals surface area contributed by atoms with Gasteiger partial charge in [-0.3, -0.25) is 0 Å². The number of nitrogens with zero attached hydrogens (tertiary/aromatic N) is 2. The number of carbonyl (C=O) groups is 1. The van der Waals surface area contributed by atoms with Crippen LogP contribution in [0.2, 0.25) is 0 Å². The molecule has 5 nitrogen and oxygen atoms in total. The highest BCUT2D eigenvalue weighted by molar-refractivity contribution is 5.86. The van der Waals surface area contributed by atoms with Gasteiger partial charge in [-0.05, 0) is 24.6 Å². The summed E-state index contributed by atoms with van der Waals surface area (Å²) in [5.74, 6) is 0.124. The third-order valence-corrected chi connectivity index (χ3v) is 2.72. The summed E-state index contributed by atoms with van der Waals surface area (Å²) in [5.41, 5.74) is 1.35. The van der Waals surface area contributed by atoms with E-state index in [2.05, 4.69) is 20.3 Å². The molecule has 0 saturated heterocycles. The average Bonchev–Trinajstić information content (AvgIpc) is 2.48. The van der Waals surface area contributed by atoms with Gasteiger partial charge in [0.05, 0.1) is 7.11 Å². The molecule has 1 N–H and O–H groups in total. The van der Waals surface area contributed by atoms with E-state index in [1.54, 1.807) is 12.1 Å². The van der Waals surface area contributed by atoms with Crippen LogP contribution in [0.3, 0.4) is 0 Å². The van der Waals surface area contributed by atoms with E-state index in [1.807, 2.05) is 37.3 Å². The number of ether oxygens (including phenoxy) is 1. The first kappa shape index (κ1) is 13.0. The predicted octanol–water partition coefficient (Wildman–Crippen LogP) is 2.44. The maximum atomic E-state index is 11.2. The van der Waals surface area contributed by atoms with E-state index in [0.29, 0.717) is 5.82 Å². The van der Waals surface area contributed by atoms with Crippen molar-refractivity contribution in [2.75, 3.05) is 12.4 Å². The van der Waals surface area contributed by atoms with Gasteiger partial charge in [0.2, 0.25) is 0 Å². The van der Waals surface area contributed by atoms with E-state index in [0.717, 1.165) is 5.56 Å². The Morgan fingerprint density at radius 1 is 1.16 bits per heavy atom. The van der Waals surface area contributed by atoms with Crippen LogP contribution in [-0.4, -0.2) is 23.3 Å². The summed E-state index contributed by atoms with van der Waals surface area (Å²) in [6, 6.07) is 13.4. The van der Waals surface area contributed by atoms with Crippen LogP contribution in [0.5, 0.6) is 0 Å². The van der Waals surface area contributed by atoms with Gasteiger partial charge >= 0.3 is 5.97 Å². The Hall–Kier alpha value is -2.43. The van der Waals surface area contributed by atoms with Gasteiger partial charge in [-0.25, -0.2) is 4.79 Å². The molecular weight excluding hydrogens is 242 g/mol. The Bertz CT molecular complexity index is 540. The van der Waals surface area contributed by atoms with Crippen LogP contribution in [0.15, 0.2) is 42.5 Å². The Morgan fingerprint density at radius 3 is 2.47 bits per heavy atom.